The first-order valence-corrected chi connectivity index (χ1v) is 6.00. The number of nitrogens with two attached hydrogens (primary N) is 1. The highest BCUT2D eigenvalue weighted by Crippen LogP contribution is 2.29. The van der Waals surface area contributed by atoms with Crippen molar-refractivity contribution >= 4 is 23.2 Å². The first-order chi connectivity index (χ1) is 7.04. The molecule has 1 aromatic carbocycles. The van der Waals surface area contributed by atoms with Gasteiger partial charge < -0.3 is 5.73 Å². The first kappa shape index (κ1) is 12.8. The van der Waals surface area contributed by atoms with Crippen molar-refractivity contribution < 1.29 is 0 Å². The molecule has 0 saturated heterocycles. The van der Waals surface area contributed by atoms with Crippen LogP contribution in [-0.2, 0) is 0 Å². The average molecular weight is 246 g/mol. The van der Waals surface area contributed by atoms with Gasteiger partial charge in [-0.25, -0.2) is 0 Å². The Hall–Kier alpha value is -0.240. The molecule has 0 aliphatic rings. The molecule has 2 N–H and O–H groups in total. The smallest absolute Gasteiger partial charge is 0.0454 e. The normalized spacial score (nSPS) is 15.0. The molecule has 0 heterocycles. The molecule has 2 unspecified atom stereocenters. The number of benzene rings is 1. The third-order valence-electron chi connectivity index (χ3n) is 2.71. The van der Waals surface area contributed by atoms with Gasteiger partial charge in [0.25, 0.3) is 0 Å². The van der Waals surface area contributed by atoms with E-state index < -0.39 is 0 Å². The van der Waals surface area contributed by atoms with Crippen molar-refractivity contribution in [3.63, 3.8) is 0 Å². The monoisotopic (exact) mass is 245 g/mol. The Morgan fingerprint density at radius 2 is 2.00 bits per heavy atom. The molecule has 1 aromatic rings. The van der Waals surface area contributed by atoms with Gasteiger partial charge in [0.1, 0.15) is 0 Å². The van der Waals surface area contributed by atoms with Crippen LogP contribution in [0.15, 0.2) is 18.2 Å². The van der Waals surface area contributed by atoms with E-state index in [1.807, 2.05) is 6.07 Å². The zero-order valence-corrected chi connectivity index (χ0v) is 10.6. The SMILES string of the molecule is CCC(C)CC(N)c1cc(Cl)ccc1Cl. The number of rotatable bonds is 4. The van der Waals surface area contributed by atoms with E-state index in [2.05, 4.69) is 13.8 Å². The van der Waals surface area contributed by atoms with Crippen molar-refractivity contribution in [1.29, 1.82) is 0 Å². The zero-order chi connectivity index (χ0) is 11.4. The van der Waals surface area contributed by atoms with Gasteiger partial charge in [-0.15, -0.1) is 0 Å². The topological polar surface area (TPSA) is 26.0 Å². The number of hydrogen-bond acceptors (Lipinski definition) is 1. The highest BCUT2D eigenvalue weighted by molar-refractivity contribution is 6.33. The summed E-state index contributed by atoms with van der Waals surface area (Å²) >= 11 is 12.0. The molecule has 1 nitrogen and oxygen atoms in total. The Balaban J connectivity index is 2.80. The van der Waals surface area contributed by atoms with Crippen LogP contribution in [0.2, 0.25) is 10.0 Å². The molecular formula is C12H17Cl2N. The third-order valence-corrected chi connectivity index (χ3v) is 3.29. The molecule has 0 radical (unpaired) electrons. The average Bonchev–Trinajstić information content (AvgIpc) is 2.21. The molecule has 84 valence electrons. The summed E-state index contributed by atoms with van der Waals surface area (Å²) in [7, 11) is 0. The second-order valence-electron chi connectivity index (χ2n) is 4.02. The highest BCUT2D eigenvalue weighted by atomic mass is 35.5. The molecule has 15 heavy (non-hydrogen) atoms. The van der Waals surface area contributed by atoms with Crippen molar-refractivity contribution in [1.82, 2.24) is 0 Å². The molecule has 0 aromatic heterocycles. The summed E-state index contributed by atoms with van der Waals surface area (Å²) in [6.45, 7) is 4.36. The van der Waals surface area contributed by atoms with Crippen molar-refractivity contribution in [2.75, 3.05) is 0 Å². The van der Waals surface area contributed by atoms with Crippen LogP contribution >= 0.6 is 23.2 Å². The van der Waals surface area contributed by atoms with Crippen LogP contribution in [0.3, 0.4) is 0 Å². The van der Waals surface area contributed by atoms with Crippen LogP contribution < -0.4 is 5.73 Å². The van der Waals surface area contributed by atoms with E-state index in [0.29, 0.717) is 16.0 Å². The lowest BCUT2D eigenvalue weighted by molar-refractivity contribution is 0.461. The third kappa shape index (κ3) is 3.67. The van der Waals surface area contributed by atoms with Gasteiger partial charge in [-0.1, -0.05) is 43.5 Å². The predicted molar refractivity (Wildman–Crippen MR) is 67.5 cm³/mol. The van der Waals surface area contributed by atoms with Crippen LogP contribution in [0, 0.1) is 5.92 Å². The van der Waals surface area contributed by atoms with E-state index in [4.69, 9.17) is 28.9 Å². The Morgan fingerprint density at radius 1 is 1.33 bits per heavy atom. The quantitative estimate of drug-likeness (QED) is 0.835. The summed E-state index contributed by atoms with van der Waals surface area (Å²) in [6, 6.07) is 5.42. The maximum atomic E-state index is 6.10. The molecule has 0 aliphatic carbocycles. The fourth-order valence-corrected chi connectivity index (χ4v) is 1.96. The Bertz CT molecular complexity index is 325. The van der Waals surface area contributed by atoms with E-state index in [9.17, 15) is 0 Å². The van der Waals surface area contributed by atoms with Crippen LogP contribution in [-0.4, -0.2) is 0 Å². The molecule has 0 amide bonds. The zero-order valence-electron chi connectivity index (χ0n) is 9.13. The maximum Gasteiger partial charge on any atom is 0.0454 e. The Kier molecular flexibility index (Phi) is 4.91. The molecule has 0 bridgehead atoms. The molecule has 0 spiro atoms. The van der Waals surface area contributed by atoms with E-state index in [1.54, 1.807) is 12.1 Å². The van der Waals surface area contributed by atoms with E-state index in [-0.39, 0.29) is 6.04 Å². The lowest BCUT2D eigenvalue weighted by Crippen LogP contribution is -2.14. The van der Waals surface area contributed by atoms with Crippen molar-refractivity contribution in [2.45, 2.75) is 32.7 Å². The molecule has 1 rings (SSSR count). The van der Waals surface area contributed by atoms with Crippen molar-refractivity contribution in [2.24, 2.45) is 11.7 Å². The largest absolute Gasteiger partial charge is 0.324 e. The number of hydrogen-bond donors (Lipinski definition) is 1. The molecular weight excluding hydrogens is 229 g/mol. The van der Waals surface area contributed by atoms with E-state index in [0.717, 1.165) is 18.4 Å². The minimum Gasteiger partial charge on any atom is -0.324 e. The van der Waals surface area contributed by atoms with Gasteiger partial charge in [-0.3, -0.25) is 0 Å². The molecule has 0 fully saturated rings. The van der Waals surface area contributed by atoms with Gasteiger partial charge in [0.05, 0.1) is 0 Å². The minimum absolute atomic E-state index is 0.0221. The van der Waals surface area contributed by atoms with Crippen LogP contribution in [0.1, 0.15) is 38.3 Å². The van der Waals surface area contributed by atoms with Crippen molar-refractivity contribution in [3.8, 4) is 0 Å². The Morgan fingerprint density at radius 3 is 2.60 bits per heavy atom. The molecule has 3 heteroatoms. The first-order valence-electron chi connectivity index (χ1n) is 5.25. The summed E-state index contributed by atoms with van der Waals surface area (Å²) in [5.41, 5.74) is 7.05. The van der Waals surface area contributed by atoms with Crippen LogP contribution in [0.25, 0.3) is 0 Å². The van der Waals surface area contributed by atoms with Crippen LogP contribution in [0.4, 0.5) is 0 Å². The fraction of sp³-hybridized carbons (Fsp3) is 0.500. The predicted octanol–water partition coefficient (Wildman–Crippen LogP) is 4.43. The van der Waals surface area contributed by atoms with Gasteiger partial charge in [0.2, 0.25) is 0 Å². The van der Waals surface area contributed by atoms with Gasteiger partial charge >= 0.3 is 0 Å². The van der Waals surface area contributed by atoms with Gasteiger partial charge in [0, 0.05) is 16.1 Å². The molecule has 0 saturated carbocycles. The van der Waals surface area contributed by atoms with Gasteiger partial charge in [0.15, 0.2) is 0 Å². The second kappa shape index (κ2) is 5.74. The summed E-state index contributed by atoms with van der Waals surface area (Å²) in [4.78, 5) is 0. The van der Waals surface area contributed by atoms with Crippen molar-refractivity contribution in [3.05, 3.63) is 33.8 Å². The lowest BCUT2D eigenvalue weighted by atomic mass is 9.95. The summed E-state index contributed by atoms with van der Waals surface area (Å²) in [6.07, 6.45) is 2.07. The lowest BCUT2D eigenvalue weighted by Gasteiger charge is -2.17. The van der Waals surface area contributed by atoms with Gasteiger partial charge in [-0.2, -0.15) is 0 Å². The summed E-state index contributed by atoms with van der Waals surface area (Å²) in [5.74, 6) is 0.607. The Labute approximate surface area is 102 Å². The number of halogens is 2. The molecule has 2 atom stereocenters. The summed E-state index contributed by atoms with van der Waals surface area (Å²) in [5, 5.41) is 1.39. The molecule has 0 aliphatic heterocycles. The second-order valence-corrected chi connectivity index (χ2v) is 4.87. The standard InChI is InChI=1S/C12H17Cl2N/c1-3-8(2)6-12(15)10-7-9(13)4-5-11(10)14/h4-5,7-8,12H,3,6,15H2,1-2H3. The van der Waals surface area contributed by atoms with Crippen LogP contribution in [0.5, 0.6) is 0 Å². The van der Waals surface area contributed by atoms with E-state index in [1.165, 1.54) is 0 Å². The van der Waals surface area contributed by atoms with Gasteiger partial charge in [-0.05, 0) is 36.1 Å². The fourth-order valence-electron chi connectivity index (χ4n) is 1.53. The summed E-state index contributed by atoms with van der Waals surface area (Å²) < 4.78 is 0. The maximum absolute atomic E-state index is 6.10. The van der Waals surface area contributed by atoms with E-state index >= 15 is 0 Å². The highest BCUT2D eigenvalue weighted by Gasteiger charge is 2.13. The minimum atomic E-state index is -0.0221.